The molecular weight excluding hydrogens is 410 g/mol. The fourth-order valence-corrected chi connectivity index (χ4v) is 1.85. The van der Waals surface area contributed by atoms with Gasteiger partial charge in [0.2, 0.25) is 8.13 Å². The molecule has 0 bridgehead atoms. The van der Waals surface area contributed by atoms with Crippen LogP contribution in [0.2, 0.25) is 0 Å². The lowest BCUT2D eigenvalue weighted by Gasteiger charge is -2.28. The summed E-state index contributed by atoms with van der Waals surface area (Å²) in [6.07, 6.45) is -5.94. The average molecular weight is 415 g/mol. The summed E-state index contributed by atoms with van der Waals surface area (Å²) in [7, 11) is 0. The molecule has 1 aromatic rings. The van der Waals surface area contributed by atoms with Crippen molar-refractivity contribution in [1.82, 2.24) is 15.0 Å². The van der Waals surface area contributed by atoms with E-state index < -0.39 is 31.6 Å². The van der Waals surface area contributed by atoms with E-state index in [4.69, 9.17) is 58.0 Å². The summed E-state index contributed by atoms with van der Waals surface area (Å²) in [5, 5.41) is 6.26. The highest BCUT2D eigenvalue weighted by molar-refractivity contribution is 6.75. The minimum Gasteiger partial charge on any atom is -0.243 e. The van der Waals surface area contributed by atoms with Crippen molar-refractivity contribution in [3.63, 3.8) is 0 Å². The summed E-state index contributed by atoms with van der Waals surface area (Å²) in [5.74, 6) is -5.34. The van der Waals surface area contributed by atoms with Crippen molar-refractivity contribution < 1.29 is 22.0 Å². The molecule has 0 radical (unpaired) electrons. The Morgan fingerprint density at radius 2 is 1.48 bits per heavy atom. The predicted octanol–water partition coefficient (Wildman–Crippen LogP) is 4.95. The number of nitrogens with zero attached hydrogens (tertiary/aromatic N) is 3. The van der Waals surface area contributed by atoms with E-state index in [1.165, 1.54) is 6.92 Å². The lowest BCUT2D eigenvalue weighted by Crippen LogP contribution is -2.40. The van der Waals surface area contributed by atoms with Crippen LogP contribution in [0.15, 0.2) is 0 Å². The van der Waals surface area contributed by atoms with E-state index in [0.29, 0.717) is 0 Å². The maximum absolute atomic E-state index is 13.7. The van der Waals surface area contributed by atoms with Crippen LogP contribution in [0.5, 0.6) is 0 Å². The van der Waals surface area contributed by atoms with Gasteiger partial charge in [0, 0.05) is 6.54 Å². The quantitative estimate of drug-likeness (QED) is 0.517. The van der Waals surface area contributed by atoms with E-state index in [2.05, 4.69) is 10.3 Å². The van der Waals surface area contributed by atoms with Gasteiger partial charge >= 0.3 is 12.1 Å². The summed E-state index contributed by atoms with van der Waals surface area (Å²) >= 11 is 27.5. The zero-order valence-corrected chi connectivity index (χ0v) is 13.6. The van der Waals surface area contributed by atoms with Crippen LogP contribution in [-0.4, -0.2) is 25.0 Å². The van der Waals surface area contributed by atoms with Gasteiger partial charge in [0.15, 0.2) is 0 Å². The van der Waals surface area contributed by atoms with Gasteiger partial charge in [-0.3, -0.25) is 0 Å². The minimum atomic E-state index is -5.94. The maximum Gasteiger partial charge on any atom is 0.459 e. The van der Waals surface area contributed by atoms with Crippen LogP contribution in [-0.2, 0) is 16.8 Å². The molecule has 0 amide bonds. The van der Waals surface area contributed by atoms with E-state index in [9.17, 15) is 22.0 Å². The van der Waals surface area contributed by atoms with Crippen LogP contribution >= 0.6 is 58.0 Å². The molecule has 0 spiro atoms. The molecule has 0 aromatic carbocycles. The molecule has 122 valence electrons. The van der Waals surface area contributed by atoms with Gasteiger partial charge in [-0.25, -0.2) is 4.68 Å². The SMILES string of the molecule is CCn1nnc(C(Cl)(Cl)C(Cl)(Cl)Cl)c1C(F)(F)C(F)(F)F. The molecule has 0 unspecified atom stereocenters. The number of alkyl halides is 10. The van der Waals surface area contributed by atoms with E-state index in [0.717, 1.165) is 0 Å². The molecule has 0 aliphatic carbocycles. The van der Waals surface area contributed by atoms with Crippen LogP contribution in [0, 0.1) is 0 Å². The van der Waals surface area contributed by atoms with Crippen LogP contribution in [0.3, 0.4) is 0 Å². The molecule has 0 aliphatic rings. The Balaban J connectivity index is 3.64. The van der Waals surface area contributed by atoms with Crippen molar-refractivity contribution in [1.29, 1.82) is 0 Å². The molecule has 0 N–H and O–H groups in total. The number of aryl methyl sites for hydroxylation is 1. The molecule has 3 nitrogen and oxygen atoms in total. The van der Waals surface area contributed by atoms with Crippen molar-refractivity contribution in [2.75, 3.05) is 0 Å². The lowest BCUT2D eigenvalue weighted by atomic mass is 10.1. The van der Waals surface area contributed by atoms with Crippen LogP contribution in [0.1, 0.15) is 18.3 Å². The molecule has 1 heterocycles. The third kappa shape index (κ3) is 3.29. The zero-order chi connectivity index (χ0) is 16.9. The lowest BCUT2D eigenvalue weighted by molar-refractivity contribution is -0.292. The van der Waals surface area contributed by atoms with Gasteiger partial charge < -0.3 is 0 Å². The van der Waals surface area contributed by atoms with Crippen molar-refractivity contribution >= 4 is 58.0 Å². The second-order valence-electron chi connectivity index (χ2n) is 3.75. The third-order valence-electron chi connectivity index (χ3n) is 2.34. The Hall–Kier alpha value is 0.240. The maximum atomic E-state index is 13.7. The van der Waals surface area contributed by atoms with Crippen molar-refractivity contribution in [2.24, 2.45) is 0 Å². The number of rotatable bonds is 3. The Morgan fingerprint density at radius 3 is 1.81 bits per heavy atom. The highest BCUT2D eigenvalue weighted by atomic mass is 35.6. The van der Waals surface area contributed by atoms with E-state index >= 15 is 0 Å². The second-order valence-corrected chi connectivity index (χ2v) is 7.36. The molecule has 13 heteroatoms. The molecule has 0 saturated carbocycles. The summed E-state index contributed by atoms with van der Waals surface area (Å²) in [5.41, 5.74) is -2.87. The fraction of sp³-hybridized carbons (Fsp3) is 0.750. The van der Waals surface area contributed by atoms with Gasteiger partial charge in [-0.1, -0.05) is 63.2 Å². The van der Waals surface area contributed by atoms with Gasteiger partial charge in [-0.05, 0) is 6.92 Å². The predicted molar refractivity (Wildman–Crippen MR) is 69.3 cm³/mol. The first kappa shape index (κ1) is 19.3. The molecule has 1 rings (SSSR count). The van der Waals surface area contributed by atoms with Crippen molar-refractivity contribution in [3.8, 4) is 0 Å². The minimum absolute atomic E-state index is 0.277. The summed E-state index contributed by atoms with van der Waals surface area (Å²) in [4.78, 5) is 0. The fourth-order valence-electron chi connectivity index (χ4n) is 1.33. The van der Waals surface area contributed by atoms with E-state index in [1.54, 1.807) is 0 Å². The Kier molecular flexibility index (Phi) is 5.24. The Bertz CT molecular complexity index is 521. The topological polar surface area (TPSA) is 30.7 Å². The molecule has 1 aromatic heterocycles. The number of halogens is 10. The highest BCUT2D eigenvalue weighted by Crippen LogP contribution is 2.56. The number of aromatic nitrogens is 3. The smallest absolute Gasteiger partial charge is 0.243 e. The van der Waals surface area contributed by atoms with Crippen molar-refractivity contribution in [3.05, 3.63) is 11.4 Å². The van der Waals surface area contributed by atoms with Gasteiger partial charge in [0.25, 0.3) is 0 Å². The summed E-state index contributed by atoms with van der Waals surface area (Å²) in [6.45, 7) is 0.894. The largest absolute Gasteiger partial charge is 0.459 e. The first-order chi connectivity index (χ1) is 9.18. The first-order valence-electron chi connectivity index (χ1n) is 5.01. The van der Waals surface area contributed by atoms with Gasteiger partial charge in [-0.15, -0.1) is 5.10 Å². The molecular formula is C8H5Cl5F5N3. The molecule has 0 atom stereocenters. The summed E-state index contributed by atoms with van der Waals surface area (Å²) < 4.78 is 59.9. The summed E-state index contributed by atoms with van der Waals surface area (Å²) in [6, 6.07) is 0. The van der Waals surface area contributed by atoms with Crippen LogP contribution in [0.25, 0.3) is 0 Å². The molecule has 0 aliphatic heterocycles. The average Bonchev–Trinajstić information content (AvgIpc) is 2.70. The van der Waals surface area contributed by atoms with Crippen LogP contribution < -0.4 is 0 Å². The normalized spacial score (nSPS) is 14.6. The van der Waals surface area contributed by atoms with E-state index in [1.807, 2.05) is 0 Å². The highest BCUT2D eigenvalue weighted by Gasteiger charge is 2.65. The molecule has 21 heavy (non-hydrogen) atoms. The number of hydrogen-bond acceptors (Lipinski definition) is 2. The van der Waals surface area contributed by atoms with E-state index in [-0.39, 0.29) is 11.2 Å². The second kappa shape index (κ2) is 5.70. The molecule has 0 saturated heterocycles. The molecule has 0 fully saturated rings. The zero-order valence-electron chi connectivity index (χ0n) is 9.83. The Morgan fingerprint density at radius 1 is 1.00 bits per heavy atom. The van der Waals surface area contributed by atoms with Gasteiger partial charge in [0.05, 0.1) is 0 Å². The first-order valence-corrected chi connectivity index (χ1v) is 6.90. The monoisotopic (exact) mass is 413 g/mol. The number of hydrogen-bond donors (Lipinski definition) is 0. The van der Waals surface area contributed by atoms with Gasteiger partial charge in [0.1, 0.15) is 11.4 Å². The Labute approximate surface area is 140 Å². The van der Waals surface area contributed by atoms with Crippen molar-refractivity contribution in [2.45, 2.75) is 33.7 Å². The standard InChI is InChI=1S/C8H5Cl5F5N3/c1-2-21-4(6(14,15)8(16,17)18)3(19-20-21)5(9,10)7(11,12)13/h2H2,1H3. The van der Waals surface area contributed by atoms with Crippen LogP contribution in [0.4, 0.5) is 22.0 Å². The third-order valence-corrected chi connectivity index (χ3v) is 4.70. The van der Waals surface area contributed by atoms with Gasteiger partial charge in [-0.2, -0.15) is 22.0 Å².